The van der Waals surface area contributed by atoms with Gasteiger partial charge in [-0.3, -0.25) is 0 Å². The number of ether oxygens (including phenoxy) is 2. The summed E-state index contributed by atoms with van der Waals surface area (Å²) in [6, 6.07) is 12.0. The fourth-order valence-electron chi connectivity index (χ4n) is 2.17. The van der Waals surface area contributed by atoms with Gasteiger partial charge in [-0.05, 0) is 66.7 Å². The van der Waals surface area contributed by atoms with Gasteiger partial charge < -0.3 is 14.8 Å². The summed E-state index contributed by atoms with van der Waals surface area (Å²) in [4.78, 5) is 0. The van der Waals surface area contributed by atoms with E-state index in [-0.39, 0.29) is 6.04 Å². The molecule has 0 aliphatic rings. The first-order chi connectivity index (χ1) is 10.1. The Hall–Kier alpha value is -1.52. The van der Waals surface area contributed by atoms with E-state index in [0.29, 0.717) is 0 Å². The molecule has 0 radical (unpaired) electrons. The van der Waals surface area contributed by atoms with Crippen LogP contribution < -0.4 is 14.8 Å². The normalized spacial score (nSPS) is 12.0. The average molecular weight is 350 g/mol. The monoisotopic (exact) mass is 349 g/mol. The van der Waals surface area contributed by atoms with Crippen LogP contribution in [-0.2, 0) is 0 Å². The van der Waals surface area contributed by atoms with E-state index in [9.17, 15) is 0 Å². The van der Waals surface area contributed by atoms with Crippen LogP contribution in [0.15, 0.2) is 40.9 Å². The number of aryl methyl sites for hydroxylation is 1. The number of benzene rings is 2. The average Bonchev–Trinajstić information content (AvgIpc) is 2.49. The van der Waals surface area contributed by atoms with Gasteiger partial charge in [0.25, 0.3) is 0 Å². The minimum absolute atomic E-state index is 0.125. The molecule has 2 rings (SSSR count). The van der Waals surface area contributed by atoms with E-state index in [1.165, 1.54) is 5.56 Å². The van der Waals surface area contributed by atoms with Crippen LogP contribution in [0.25, 0.3) is 0 Å². The van der Waals surface area contributed by atoms with Crippen LogP contribution >= 0.6 is 15.9 Å². The van der Waals surface area contributed by atoms with Crippen LogP contribution in [-0.4, -0.2) is 14.2 Å². The van der Waals surface area contributed by atoms with Crippen molar-refractivity contribution in [1.82, 2.24) is 5.32 Å². The smallest absolute Gasteiger partial charge is 0.141 e. The molecule has 1 unspecified atom stereocenters. The van der Waals surface area contributed by atoms with Gasteiger partial charge in [0.2, 0.25) is 0 Å². The topological polar surface area (TPSA) is 30.5 Å². The number of nitrogens with one attached hydrogen (secondary N) is 1. The first-order valence-corrected chi connectivity index (χ1v) is 7.64. The van der Waals surface area contributed by atoms with Crippen molar-refractivity contribution in [3.63, 3.8) is 0 Å². The summed E-state index contributed by atoms with van der Waals surface area (Å²) in [6.45, 7) is 4.13. The molecule has 21 heavy (non-hydrogen) atoms. The Morgan fingerprint density at radius 1 is 1.10 bits per heavy atom. The summed E-state index contributed by atoms with van der Waals surface area (Å²) in [7, 11) is 3.59. The molecule has 0 heterocycles. The van der Waals surface area contributed by atoms with Gasteiger partial charge in [0, 0.05) is 6.04 Å². The van der Waals surface area contributed by atoms with Gasteiger partial charge in [0.05, 0.1) is 17.1 Å². The number of hydrogen-bond acceptors (Lipinski definition) is 3. The van der Waals surface area contributed by atoms with Crippen LogP contribution in [0, 0.1) is 6.92 Å². The second-order valence-corrected chi connectivity index (χ2v) is 5.77. The van der Waals surface area contributed by atoms with E-state index < -0.39 is 0 Å². The van der Waals surface area contributed by atoms with Crippen LogP contribution in [0.4, 0.5) is 0 Å². The van der Waals surface area contributed by atoms with E-state index in [1.54, 1.807) is 7.11 Å². The predicted molar refractivity (Wildman–Crippen MR) is 89.4 cm³/mol. The summed E-state index contributed by atoms with van der Waals surface area (Å²) in [5.41, 5.74) is 2.19. The Morgan fingerprint density at radius 2 is 1.81 bits per heavy atom. The standard InChI is InChI=1S/C17H20BrNO2/c1-11-8-9-14(13(18)10-11)21-16-7-5-6-15(20-4)17(16)12(2)19-3/h5-10,12,19H,1-4H3. The zero-order valence-electron chi connectivity index (χ0n) is 12.7. The Balaban J connectivity index is 2.43. The van der Waals surface area contributed by atoms with E-state index in [1.807, 2.05) is 43.4 Å². The molecule has 2 aromatic carbocycles. The fourth-order valence-corrected chi connectivity index (χ4v) is 2.74. The largest absolute Gasteiger partial charge is 0.496 e. The van der Waals surface area contributed by atoms with Crippen LogP contribution in [0.3, 0.4) is 0 Å². The predicted octanol–water partition coefficient (Wildman–Crippen LogP) is 4.84. The number of rotatable bonds is 5. The molecule has 1 N–H and O–H groups in total. The lowest BCUT2D eigenvalue weighted by Crippen LogP contribution is -2.14. The Morgan fingerprint density at radius 3 is 2.43 bits per heavy atom. The molecule has 3 nitrogen and oxygen atoms in total. The number of hydrogen-bond donors (Lipinski definition) is 1. The van der Waals surface area contributed by atoms with Gasteiger partial charge in [-0.25, -0.2) is 0 Å². The maximum absolute atomic E-state index is 6.09. The molecule has 112 valence electrons. The van der Waals surface area contributed by atoms with E-state index in [0.717, 1.165) is 27.3 Å². The Bertz CT molecular complexity index is 628. The zero-order valence-corrected chi connectivity index (χ0v) is 14.3. The lowest BCUT2D eigenvalue weighted by molar-refractivity contribution is 0.393. The van der Waals surface area contributed by atoms with Gasteiger partial charge in [-0.1, -0.05) is 12.1 Å². The molecule has 0 saturated heterocycles. The van der Waals surface area contributed by atoms with Crippen molar-refractivity contribution in [2.24, 2.45) is 0 Å². The highest BCUT2D eigenvalue weighted by Gasteiger charge is 2.17. The van der Waals surface area contributed by atoms with E-state index in [2.05, 4.69) is 35.1 Å². The molecule has 0 spiro atoms. The van der Waals surface area contributed by atoms with Crippen molar-refractivity contribution in [3.8, 4) is 17.2 Å². The number of halogens is 1. The molecule has 2 aromatic rings. The molecule has 0 bridgehead atoms. The van der Waals surface area contributed by atoms with Crippen LogP contribution in [0.5, 0.6) is 17.2 Å². The Labute approximate surface area is 134 Å². The summed E-state index contributed by atoms with van der Waals surface area (Å²) >= 11 is 3.55. The van der Waals surface area contributed by atoms with Crippen LogP contribution in [0.1, 0.15) is 24.1 Å². The molecule has 0 fully saturated rings. The SMILES string of the molecule is CNC(C)c1c(OC)cccc1Oc1ccc(C)cc1Br. The quantitative estimate of drug-likeness (QED) is 0.837. The second-order valence-electron chi connectivity index (χ2n) is 4.92. The van der Waals surface area contributed by atoms with Crippen molar-refractivity contribution in [2.45, 2.75) is 19.9 Å². The van der Waals surface area contributed by atoms with E-state index >= 15 is 0 Å². The second kappa shape index (κ2) is 6.96. The highest BCUT2D eigenvalue weighted by Crippen LogP contribution is 2.38. The molecular weight excluding hydrogens is 330 g/mol. The van der Waals surface area contributed by atoms with Crippen LogP contribution in [0.2, 0.25) is 0 Å². The third kappa shape index (κ3) is 3.57. The summed E-state index contributed by atoms with van der Waals surface area (Å²) in [5, 5.41) is 3.23. The van der Waals surface area contributed by atoms with Gasteiger partial charge in [-0.15, -0.1) is 0 Å². The maximum Gasteiger partial charge on any atom is 0.141 e. The van der Waals surface area contributed by atoms with Crippen molar-refractivity contribution >= 4 is 15.9 Å². The van der Waals surface area contributed by atoms with Gasteiger partial charge in [-0.2, -0.15) is 0 Å². The molecule has 4 heteroatoms. The van der Waals surface area contributed by atoms with Crippen molar-refractivity contribution in [3.05, 3.63) is 52.0 Å². The van der Waals surface area contributed by atoms with E-state index in [4.69, 9.17) is 9.47 Å². The van der Waals surface area contributed by atoms with Crippen molar-refractivity contribution in [1.29, 1.82) is 0 Å². The lowest BCUT2D eigenvalue weighted by atomic mass is 10.1. The Kier molecular flexibility index (Phi) is 5.26. The van der Waals surface area contributed by atoms with Crippen molar-refractivity contribution < 1.29 is 9.47 Å². The lowest BCUT2D eigenvalue weighted by Gasteiger charge is -2.19. The summed E-state index contributed by atoms with van der Waals surface area (Å²) in [5.74, 6) is 2.40. The maximum atomic E-state index is 6.09. The first-order valence-electron chi connectivity index (χ1n) is 6.85. The van der Waals surface area contributed by atoms with Gasteiger partial charge in [0.1, 0.15) is 17.2 Å². The van der Waals surface area contributed by atoms with Gasteiger partial charge >= 0.3 is 0 Å². The third-order valence-corrected chi connectivity index (χ3v) is 4.04. The molecule has 1 atom stereocenters. The minimum atomic E-state index is 0.125. The highest BCUT2D eigenvalue weighted by molar-refractivity contribution is 9.10. The zero-order chi connectivity index (χ0) is 15.4. The van der Waals surface area contributed by atoms with Gasteiger partial charge in [0.15, 0.2) is 0 Å². The molecule has 0 amide bonds. The molecule has 0 aliphatic carbocycles. The minimum Gasteiger partial charge on any atom is -0.496 e. The summed E-state index contributed by atoms with van der Waals surface area (Å²) < 4.78 is 12.5. The first kappa shape index (κ1) is 15.9. The summed E-state index contributed by atoms with van der Waals surface area (Å²) in [6.07, 6.45) is 0. The molecule has 0 aliphatic heterocycles. The van der Waals surface area contributed by atoms with Crippen molar-refractivity contribution in [2.75, 3.05) is 14.2 Å². The fraction of sp³-hybridized carbons (Fsp3) is 0.294. The third-order valence-electron chi connectivity index (χ3n) is 3.42. The molecule has 0 saturated carbocycles. The molecular formula is C17H20BrNO2. The number of methoxy groups -OCH3 is 1. The molecule has 0 aromatic heterocycles. The highest BCUT2D eigenvalue weighted by atomic mass is 79.9.